The summed E-state index contributed by atoms with van der Waals surface area (Å²) in [5.41, 5.74) is 9.97. The van der Waals surface area contributed by atoms with Crippen LogP contribution in [0.1, 0.15) is 258 Å². The summed E-state index contributed by atoms with van der Waals surface area (Å²) in [5, 5.41) is 0. The van der Waals surface area contributed by atoms with E-state index < -0.39 is 10.6 Å². The second kappa shape index (κ2) is 17.9. The quantitative estimate of drug-likeness (QED) is 0.189. The van der Waals surface area contributed by atoms with Gasteiger partial charge in [-0.05, 0) is 146 Å². The molecule has 0 spiro atoms. The van der Waals surface area contributed by atoms with Crippen molar-refractivity contribution in [3.05, 3.63) is 46.5 Å². The Morgan fingerprint density at radius 2 is 0.678 bits per heavy atom. The fourth-order valence-corrected chi connectivity index (χ4v) is 17.8. The summed E-state index contributed by atoms with van der Waals surface area (Å²) >= 11 is 0. The molecule has 0 bridgehead atoms. The normalized spacial score (nSPS) is 24.1. The van der Waals surface area contributed by atoms with Crippen LogP contribution in [0.3, 0.4) is 0 Å². The van der Waals surface area contributed by atoms with Crippen molar-refractivity contribution in [2.45, 2.75) is 258 Å². The Morgan fingerprint density at radius 3 is 0.949 bits per heavy atom. The van der Waals surface area contributed by atoms with E-state index in [1.165, 1.54) is 201 Å². The first kappa shape index (κ1) is 45.4. The largest absolute Gasteiger partial charge is 0.382 e. The van der Waals surface area contributed by atoms with Gasteiger partial charge >= 0.3 is 0 Å². The van der Waals surface area contributed by atoms with E-state index in [0.29, 0.717) is 0 Å². The first-order valence-electron chi connectivity index (χ1n) is 25.8. The Kier molecular flexibility index (Phi) is 13.8. The van der Waals surface area contributed by atoms with Gasteiger partial charge in [0.15, 0.2) is 11.5 Å². The fraction of sp³-hybridized carbons (Fsp3) is 0.786. The predicted molar refractivity (Wildman–Crippen MR) is 259 cm³/mol. The molecule has 0 amide bonds. The minimum absolute atomic E-state index is 0.0961. The number of fused-ring (bicyclic) bond motifs is 3. The average molecular weight is 827 g/mol. The van der Waals surface area contributed by atoms with Crippen LogP contribution in [-0.2, 0) is 21.7 Å². The van der Waals surface area contributed by atoms with E-state index in [0.717, 1.165) is 11.5 Å². The van der Waals surface area contributed by atoms with Gasteiger partial charge in [-0.3, -0.25) is 0 Å². The highest BCUT2D eigenvalue weighted by Crippen LogP contribution is 2.67. The van der Waals surface area contributed by atoms with Gasteiger partial charge in [0, 0.05) is 22.3 Å². The van der Waals surface area contributed by atoms with Crippen LogP contribution in [0.4, 0.5) is 0 Å². The van der Waals surface area contributed by atoms with E-state index in [2.05, 4.69) is 93.5 Å². The third-order valence-corrected chi connectivity index (χ3v) is 22.1. The van der Waals surface area contributed by atoms with Gasteiger partial charge in [-0.1, -0.05) is 158 Å². The molecule has 2 aromatic carbocycles. The molecule has 7 rings (SSSR count). The van der Waals surface area contributed by atoms with Crippen molar-refractivity contribution in [1.82, 2.24) is 0 Å². The molecular formula is C56H90O2S. The Morgan fingerprint density at radius 1 is 0.407 bits per heavy atom. The Balaban J connectivity index is 1.63. The molecule has 0 atom stereocenters. The summed E-state index contributed by atoms with van der Waals surface area (Å²) < 4.78 is 16.8. The van der Waals surface area contributed by atoms with E-state index >= 15 is 0 Å². The van der Waals surface area contributed by atoms with Crippen LogP contribution in [0.15, 0.2) is 24.3 Å². The third-order valence-electron chi connectivity index (χ3n) is 19.0. The number of hydrogen-bond acceptors (Lipinski definition) is 2. The molecule has 0 saturated heterocycles. The maximum Gasteiger partial charge on any atom is 0.163 e. The molecule has 4 aliphatic carbocycles. The highest BCUT2D eigenvalue weighted by atomic mass is 32.3. The minimum atomic E-state index is -2.13. The van der Waals surface area contributed by atoms with Crippen molar-refractivity contribution < 1.29 is 8.37 Å². The molecule has 0 unspecified atom stereocenters. The summed E-state index contributed by atoms with van der Waals surface area (Å²) in [5.74, 6) is 4.53. The van der Waals surface area contributed by atoms with Gasteiger partial charge in [0.2, 0.25) is 0 Å². The van der Waals surface area contributed by atoms with Gasteiger partial charge < -0.3 is 8.37 Å². The molecule has 2 aromatic rings. The van der Waals surface area contributed by atoms with Crippen molar-refractivity contribution >= 4 is 10.6 Å². The van der Waals surface area contributed by atoms with Crippen molar-refractivity contribution in [2.24, 2.45) is 10.8 Å². The van der Waals surface area contributed by atoms with Crippen LogP contribution < -0.4 is 8.37 Å². The van der Waals surface area contributed by atoms with Crippen LogP contribution in [0.25, 0.3) is 11.1 Å². The summed E-state index contributed by atoms with van der Waals surface area (Å²) in [6, 6.07) is 10.9. The van der Waals surface area contributed by atoms with E-state index in [1.54, 1.807) is 11.1 Å². The summed E-state index contributed by atoms with van der Waals surface area (Å²) in [6.45, 7) is 25.3. The highest BCUT2D eigenvalue weighted by Gasteiger charge is 2.48. The molecule has 1 aliphatic heterocycles. The van der Waals surface area contributed by atoms with Gasteiger partial charge in [-0.15, -0.1) is 10.6 Å². The smallest absolute Gasteiger partial charge is 0.163 e. The maximum absolute atomic E-state index is 8.42. The Labute approximate surface area is 366 Å². The van der Waals surface area contributed by atoms with Crippen LogP contribution in [0, 0.1) is 10.8 Å². The van der Waals surface area contributed by atoms with Crippen LogP contribution in [-0.4, -0.2) is 11.5 Å². The van der Waals surface area contributed by atoms with E-state index in [1.807, 2.05) is 0 Å². The first-order chi connectivity index (χ1) is 28.2. The molecule has 2 nitrogen and oxygen atoms in total. The van der Waals surface area contributed by atoms with Crippen LogP contribution >= 0.6 is 10.6 Å². The summed E-state index contributed by atoms with van der Waals surface area (Å²) in [6.07, 6.45) is 33.3. The molecule has 5 aliphatic rings. The van der Waals surface area contributed by atoms with Crippen molar-refractivity contribution in [3.8, 4) is 22.6 Å². The fourth-order valence-electron chi connectivity index (χ4n) is 13.4. The lowest BCUT2D eigenvalue weighted by atomic mass is 9.65. The van der Waals surface area contributed by atoms with Gasteiger partial charge in [0.1, 0.15) is 0 Å². The molecule has 59 heavy (non-hydrogen) atoms. The lowest BCUT2D eigenvalue weighted by molar-refractivity contribution is 0.260. The van der Waals surface area contributed by atoms with Gasteiger partial charge in [0.25, 0.3) is 0 Å². The summed E-state index contributed by atoms with van der Waals surface area (Å²) in [7, 11) is -2.13. The predicted octanol–water partition coefficient (Wildman–Crippen LogP) is 18.1. The molecule has 0 radical (unpaired) electrons. The zero-order valence-corrected chi connectivity index (χ0v) is 41.1. The zero-order valence-electron chi connectivity index (χ0n) is 40.3. The third kappa shape index (κ3) is 8.71. The monoisotopic (exact) mass is 827 g/mol. The zero-order chi connectivity index (χ0) is 42.2. The average Bonchev–Trinajstić information content (AvgIpc) is 3.39. The molecule has 4 fully saturated rings. The Bertz CT molecular complexity index is 1570. The second-order valence-corrected chi connectivity index (χ2v) is 25.0. The standard InChI is InChI=1S/C56H90O2S/c1-11-55(12-2,13-3)41-59(42-56(14-4,15-5)16-6)57-49-45(37-43(51(7)29-21-17-22-30-51)39-47(49)53(9)33-25-19-26-34-53)46-38-44(52(8)31-23-18-24-32-52)40-48(50(46)58-59)54(10)35-27-20-28-36-54/h37-40H,11-36,41-42H2,1-10H3. The van der Waals surface area contributed by atoms with Crippen LogP contribution in [0.5, 0.6) is 11.5 Å². The number of benzene rings is 2. The lowest BCUT2D eigenvalue weighted by Gasteiger charge is -2.53. The second-order valence-electron chi connectivity index (χ2n) is 22.6. The number of hydrogen-bond donors (Lipinski definition) is 0. The molecule has 4 saturated carbocycles. The van der Waals surface area contributed by atoms with Crippen molar-refractivity contribution in [1.29, 1.82) is 0 Å². The summed E-state index contributed by atoms with van der Waals surface area (Å²) in [4.78, 5) is 0. The molecule has 0 N–H and O–H groups in total. The van der Waals surface area contributed by atoms with Crippen molar-refractivity contribution in [2.75, 3.05) is 11.5 Å². The van der Waals surface area contributed by atoms with E-state index in [4.69, 9.17) is 8.37 Å². The van der Waals surface area contributed by atoms with E-state index in [-0.39, 0.29) is 32.5 Å². The topological polar surface area (TPSA) is 18.5 Å². The van der Waals surface area contributed by atoms with Gasteiger partial charge in [-0.2, -0.15) is 0 Å². The highest BCUT2D eigenvalue weighted by molar-refractivity contribution is 8.26. The molecular weight excluding hydrogens is 737 g/mol. The minimum Gasteiger partial charge on any atom is -0.382 e. The molecule has 3 heteroatoms. The SMILES string of the molecule is CCC(CC)(CC)CS1(CC(CC)(CC)CC)Oc2c(cc(C3(C)CCCCC3)cc2C2(C)CCCCC2)-c2cc(C3(C)CCCCC3)cc(C3(C)CCCCC3)c2O1. The molecule has 0 aromatic heterocycles. The Hall–Kier alpha value is -1.61. The molecule has 332 valence electrons. The van der Waals surface area contributed by atoms with Crippen molar-refractivity contribution in [3.63, 3.8) is 0 Å². The van der Waals surface area contributed by atoms with E-state index in [9.17, 15) is 0 Å². The van der Waals surface area contributed by atoms with Gasteiger partial charge in [-0.25, -0.2) is 0 Å². The lowest BCUT2D eigenvalue weighted by Crippen LogP contribution is -2.39. The number of rotatable bonds is 14. The first-order valence-corrected chi connectivity index (χ1v) is 27.6. The van der Waals surface area contributed by atoms with Gasteiger partial charge in [0.05, 0.1) is 11.5 Å². The maximum atomic E-state index is 8.42. The molecule has 1 heterocycles. The van der Waals surface area contributed by atoms with Crippen LogP contribution in [0.2, 0.25) is 0 Å².